The molecule has 0 spiro atoms. The Labute approximate surface area is 138 Å². The van der Waals surface area contributed by atoms with E-state index in [1.54, 1.807) is 11.6 Å². The molecular weight excluding hydrogens is 314 g/mol. The Hall–Kier alpha value is -2.78. The highest BCUT2D eigenvalue weighted by Crippen LogP contribution is 2.21. The number of fused-ring (bicyclic) bond motifs is 1. The van der Waals surface area contributed by atoms with Crippen LogP contribution in [0, 0.1) is 0 Å². The Morgan fingerprint density at radius 2 is 1.92 bits per heavy atom. The molecule has 1 aliphatic rings. The lowest BCUT2D eigenvalue weighted by Crippen LogP contribution is -2.51. The van der Waals surface area contributed by atoms with Crippen molar-refractivity contribution in [3.63, 3.8) is 0 Å². The van der Waals surface area contributed by atoms with E-state index in [-0.39, 0.29) is 6.61 Å². The van der Waals surface area contributed by atoms with Gasteiger partial charge in [-0.3, -0.25) is 4.79 Å². The second kappa shape index (κ2) is 6.77. The molecule has 0 aromatic carbocycles. The fraction of sp³-hybridized carbons (Fsp3) is 0.571. The van der Waals surface area contributed by atoms with Crippen molar-refractivity contribution in [1.29, 1.82) is 0 Å². The molecular formula is C14H19N7O3. The molecule has 1 amide bonds. The van der Waals surface area contributed by atoms with Crippen LogP contribution in [0.2, 0.25) is 0 Å². The zero-order valence-electron chi connectivity index (χ0n) is 13.7. The summed E-state index contributed by atoms with van der Waals surface area (Å²) < 4.78 is 6.47. The van der Waals surface area contributed by atoms with Gasteiger partial charge in [-0.2, -0.15) is 0 Å². The van der Waals surface area contributed by atoms with E-state index in [1.807, 2.05) is 11.8 Å². The first-order chi connectivity index (χ1) is 11.7. The topological polar surface area (TPSA) is 106 Å². The van der Waals surface area contributed by atoms with Gasteiger partial charge >= 0.3 is 11.9 Å². The molecule has 1 saturated heterocycles. The minimum Gasteiger partial charge on any atom is -0.459 e. The summed E-state index contributed by atoms with van der Waals surface area (Å²) in [6, 6.07) is 0. The lowest BCUT2D eigenvalue weighted by molar-refractivity contribution is -0.160. The summed E-state index contributed by atoms with van der Waals surface area (Å²) in [7, 11) is 0. The lowest BCUT2D eigenvalue weighted by Gasteiger charge is -2.34. The van der Waals surface area contributed by atoms with Crippen molar-refractivity contribution in [1.82, 2.24) is 29.9 Å². The van der Waals surface area contributed by atoms with E-state index in [0.29, 0.717) is 49.7 Å². The zero-order valence-corrected chi connectivity index (χ0v) is 13.7. The van der Waals surface area contributed by atoms with Crippen molar-refractivity contribution in [2.45, 2.75) is 20.4 Å². The van der Waals surface area contributed by atoms with Gasteiger partial charge in [-0.05, 0) is 13.8 Å². The summed E-state index contributed by atoms with van der Waals surface area (Å²) in [5.41, 5.74) is 1.33. The number of esters is 1. The normalized spacial score (nSPS) is 14.9. The number of piperazine rings is 1. The van der Waals surface area contributed by atoms with Crippen molar-refractivity contribution in [3.8, 4) is 0 Å². The maximum atomic E-state index is 12.0. The van der Waals surface area contributed by atoms with Gasteiger partial charge in [0.25, 0.3) is 0 Å². The molecule has 3 heterocycles. The van der Waals surface area contributed by atoms with Crippen LogP contribution in [0.5, 0.6) is 0 Å². The molecule has 0 radical (unpaired) electrons. The van der Waals surface area contributed by atoms with E-state index in [4.69, 9.17) is 4.74 Å². The van der Waals surface area contributed by atoms with E-state index in [0.717, 1.165) is 0 Å². The average Bonchev–Trinajstić information content (AvgIpc) is 3.04. The molecule has 128 valence electrons. The lowest BCUT2D eigenvalue weighted by atomic mass is 10.3. The standard InChI is InChI=1S/C14H19N7O3/c1-3-21-12-10(17-18-21)11(15-9-16-12)19-5-7-20(8-6-19)13(22)14(23)24-4-2/h9H,3-8H2,1-2H3. The van der Waals surface area contributed by atoms with Gasteiger partial charge in [-0.15, -0.1) is 5.10 Å². The number of carbonyl (C=O) groups is 2. The fourth-order valence-electron chi connectivity index (χ4n) is 2.67. The average molecular weight is 333 g/mol. The van der Waals surface area contributed by atoms with Gasteiger partial charge in [0.2, 0.25) is 0 Å². The van der Waals surface area contributed by atoms with Gasteiger partial charge in [0.05, 0.1) is 6.61 Å². The molecule has 0 unspecified atom stereocenters. The van der Waals surface area contributed by atoms with Gasteiger partial charge in [0.15, 0.2) is 17.0 Å². The Bertz CT molecular complexity index is 752. The number of hydrogen-bond donors (Lipinski definition) is 0. The van der Waals surface area contributed by atoms with Crippen LogP contribution in [0.3, 0.4) is 0 Å². The Morgan fingerprint density at radius 1 is 1.17 bits per heavy atom. The number of rotatable bonds is 3. The molecule has 10 heteroatoms. The fourth-order valence-corrected chi connectivity index (χ4v) is 2.67. The monoisotopic (exact) mass is 333 g/mol. The van der Waals surface area contributed by atoms with Crippen molar-refractivity contribution >= 4 is 28.9 Å². The predicted octanol–water partition coefficient (Wildman–Crippen LogP) is -0.547. The van der Waals surface area contributed by atoms with Crippen LogP contribution < -0.4 is 4.90 Å². The molecule has 2 aromatic rings. The molecule has 0 aliphatic carbocycles. The van der Waals surface area contributed by atoms with Crippen molar-refractivity contribution in [3.05, 3.63) is 6.33 Å². The SMILES string of the molecule is CCOC(=O)C(=O)N1CCN(c2ncnc3c2nnn3CC)CC1. The summed E-state index contributed by atoms with van der Waals surface area (Å²) in [6.07, 6.45) is 1.49. The summed E-state index contributed by atoms with van der Waals surface area (Å²) >= 11 is 0. The first kappa shape index (κ1) is 16.1. The number of hydrogen-bond acceptors (Lipinski definition) is 8. The highest BCUT2D eigenvalue weighted by Gasteiger charge is 2.28. The van der Waals surface area contributed by atoms with Crippen molar-refractivity contribution in [2.24, 2.45) is 0 Å². The number of nitrogens with zero attached hydrogens (tertiary/aromatic N) is 7. The summed E-state index contributed by atoms with van der Waals surface area (Å²) in [6.45, 7) is 6.45. The Morgan fingerprint density at radius 3 is 2.58 bits per heavy atom. The highest BCUT2D eigenvalue weighted by molar-refractivity contribution is 6.32. The Kier molecular flexibility index (Phi) is 4.54. The number of aromatic nitrogens is 5. The van der Waals surface area contributed by atoms with Crippen LogP contribution >= 0.6 is 0 Å². The predicted molar refractivity (Wildman–Crippen MR) is 84.2 cm³/mol. The summed E-state index contributed by atoms with van der Waals surface area (Å²) in [4.78, 5) is 35.6. The van der Waals surface area contributed by atoms with Crippen molar-refractivity contribution in [2.75, 3.05) is 37.7 Å². The minimum atomic E-state index is -0.804. The van der Waals surface area contributed by atoms with E-state index < -0.39 is 11.9 Å². The molecule has 24 heavy (non-hydrogen) atoms. The van der Waals surface area contributed by atoms with Gasteiger partial charge in [0, 0.05) is 32.7 Å². The molecule has 10 nitrogen and oxygen atoms in total. The first-order valence-corrected chi connectivity index (χ1v) is 7.90. The molecule has 2 aromatic heterocycles. The third-order valence-corrected chi connectivity index (χ3v) is 3.90. The third kappa shape index (κ3) is 2.86. The molecule has 1 aliphatic heterocycles. The second-order valence-corrected chi connectivity index (χ2v) is 5.27. The van der Waals surface area contributed by atoms with E-state index in [2.05, 4.69) is 20.3 Å². The molecule has 0 atom stereocenters. The zero-order chi connectivity index (χ0) is 17.1. The number of ether oxygens (including phenoxy) is 1. The van der Waals surface area contributed by atoms with Gasteiger partial charge in [-0.1, -0.05) is 5.21 Å². The van der Waals surface area contributed by atoms with Crippen molar-refractivity contribution < 1.29 is 14.3 Å². The van der Waals surface area contributed by atoms with E-state index in [9.17, 15) is 9.59 Å². The highest BCUT2D eigenvalue weighted by atomic mass is 16.5. The number of anilines is 1. The summed E-state index contributed by atoms with van der Waals surface area (Å²) in [5.74, 6) is -0.703. The minimum absolute atomic E-state index is 0.191. The second-order valence-electron chi connectivity index (χ2n) is 5.27. The van der Waals surface area contributed by atoms with E-state index >= 15 is 0 Å². The van der Waals surface area contributed by atoms with Crippen LogP contribution in [0.15, 0.2) is 6.33 Å². The van der Waals surface area contributed by atoms with Gasteiger partial charge in [-0.25, -0.2) is 19.4 Å². The van der Waals surface area contributed by atoms with Crippen LogP contribution in [0.1, 0.15) is 13.8 Å². The third-order valence-electron chi connectivity index (χ3n) is 3.90. The largest absolute Gasteiger partial charge is 0.459 e. The number of carbonyl (C=O) groups excluding carboxylic acids is 2. The molecule has 0 N–H and O–H groups in total. The smallest absolute Gasteiger partial charge is 0.397 e. The van der Waals surface area contributed by atoms with Gasteiger partial charge in [0.1, 0.15) is 6.33 Å². The van der Waals surface area contributed by atoms with E-state index in [1.165, 1.54) is 11.2 Å². The molecule has 0 saturated carbocycles. The number of amides is 1. The Balaban J connectivity index is 1.72. The van der Waals surface area contributed by atoms with Crippen LogP contribution in [0.4, 0.5) is 5.82 Å². The molecule has 1 fully saturated rings. The van der Waals surface area contributed by atoms with Gasteiger partial charge < -0.3 is 14.5 Å². The maximum absolute atomic E-state index is 12.0. The quantitative estimate of drug-likeness (QED) is 0.544. The van der Waals surface area contributed by atoms with Crippen LogP contribution in [-0.2, 0) is 20.9 Å². The molecule has 3 rings (SSSR count). The molecule has 0 bridgehead atoms. The van der Waals surface area contributed by atoms with Crippen LogP contribution in [0.25, 0.3) is 11.2 Å². The summed E-state index contributed by atoms with van der Waals surface area (Å²) in [5, 5.41) is 8.23. The first-order valence-electron chi connectivity index (χ1n) is 7.90. The number of aryl methyl sites for hydroxylation is 1. The van der Waals surface area contributed by atoms with Crippen LogP contribution in [-0.4, -0.2) is 74.5 Å². The maximum Gasteiger partial charge on any atom is 0.397 e.